The molecule has 3 rings (SSSR count). The number of Topliss-reactive ketones (excluding diaryl/α,β-unsaturated/α-hetero) is 1. The topological polar surface area (TPSA) is 65.6 Å². The van der Waals surface area contributed by atoms with Crippen molar-refractivity contribution in [1.29, 1.82) is 0 Å². The molecule has 6 nitrogen and oxygen atoms in total. The standard InChI is InChI=1S/C15H13ClFN3O3S/c1-9(21)8-23-13-7-12(11(17)6-10(13)16)18-14-19-4-2-3-5-20(19)15(22)24-14/h3,5-7H,2,4,8H2,1H3. The Balaban J connectivity index is 2.07. The first-order chi connectivity index (χ1) is 11.5. The predicted molar refractivity (Wildman–Crippen MR) is 89.3 cm³/mol. The number of carbonyl (C=O) groups excluding carboxylic acids is 1. The molecule has 1 aliphatic rings. The van der Waals surface area contributed by atoms with E-state index in [-0.39, 0.29) is 33.7 Å². The zero-order valence-electron chi connectivity index (χ0n) is 12.7. The van der Waals surface area contributed by atoms with Crippen molar-refractivity contribution in [2.24, 2.45) is 4.99 Å². The molecule has 0 fully saturated rings. The zero-order chi connectivity index (χ0) is 17.3. The molecule has 0 spiro atoms. The van der Waals surface area contributed by atoms with Gasteiger partial charge in [-0.3, -0.25) is 14.3 Å². The fraction of sp³-hybridized carbons (Fsp3) is 0.267. The van der Waals surface area contributed by atoms with Gasteiger partial charge in [-0.1, -0.05) is 17.7 Å². The molecule has 0 unspecified atom stereocenters. The fourth-order valence-corrected chi connectivity index (χ4v) is 3.20. The molecule has 0 saturated heterocycles. The molecular formula is C15H13ClFN3O3S. The van der Waals surface area contributed by atoms with Crippen LogP contribution >= 0.6 is 22.9 Å². The summed E-state index contributed by atoms with van der Waals surface area (Å²) < 4.78 is 22.5. The number of allylic oxidation sites excluding steroid dienone is 1. The van der Waals surface area contributed by atoms with E-state index in [2.05, 4.69) is 4.99 Å². The van der Waals surface area contributed by atoms with Crippen LogP contribution in [0.3, 0.4) is 0 Å². The van der Waals surface area contributed by atoms with Crippen molar-refractivity contribution >= 4 is 40.6 Å². The largest absolute Gasteiger partial charge is 0.484 e. The second kappa shape index (κ2) is 6.74. The van der Waals surface area contributed by atoms with E-state index in [0.717, 1.165) is 23.8 Å². The number of ether oxygens (including phenoxy) is 1. The molecule has 2 heterocycles. The molecular weight excluding hydrogens is 357 g/mol. The maximum atomic E-state index is 14.1. The minimum Gasteiger partial charge on any atom is -0.484 e. The highest BCUT2D eigenvalue weighted by Gasteiger charge is 2.13. The van der Waals surface area contributed by atoms with Crippen molar-refractivity contribution in [3.05, 3.63) is 43.5 Å². The molecule has 0 radical (unpaired) electrons. The Bertz CT molecular complexity index is 958. The van der Waals surface area contributed by atoms with Crippen LogP contribution in [-0.4, -0.2) is 21.8 Å². The first kappa shape index (κ1) is 16.7. The van der Waals surface area contributed by atoms with Crippen LogP contribution in [-0.2, 0) is 11.3 Å². The monoisotopic (exact) mass is 369 g/mol. The van der Waals surface area contributed by atoms with Gasteiger partial charge in [0.2, 0.25) is 4.80 Å². The fourth-order valence-electron chi connectivity index (χ4n) is 2.16. The number of benzene rings is 1. The molecule has 0 bridgehead atoms. The molecule has 0 N–H and O–H groups in total. The van der Waals surface area contributed by atoms with Gasteiger partial charge in [-0.15, -0.1) is 0 Å². The Morgan fingerprint density at radius 2 is 2.29 bits per heavy atom. The molecule has 24 heavy (non-hydrogen) atoms. The normalized spacial score (nSPS) is 13.9. The number of ketones is 1. The lowest BCUT2D eigenvalue weighted by Crippen LogP contribution is -2.26. The minimum atomic E-state index is -0.637. The second-order valence-corrected chi connectivity index (χ2v) is 6.45. The predicted octanol–water partition coefficient (Wildman–Crippen LogP) is 2.58. The highest BCUT2D eigenvalue weighted by Crippen LogP contribution is 2.31. The van der Waals surface area contributed by atoms with E-state index in [0.29, 0.717) is 11.3 Å². The average molecular weight is 370 g/mol. The third-order valence-corrected chi connectivity index (χ3v) is 4.39. The van der Waals surface area contributed by atoms with E-state index < -0.39 is 5.82 Å². The number of hydrogen-bond donors (Lipinski definition) is 0. The Kier molecular flexibility index (Phi) is 4.68. The second-order valence-electron chi connectivity index (χ2n) is 5.13. The molecule has 2 aromatic rings. The van der Waals surface area contributed by atoms with Crippen molar-refractivity contribution in [1.82, 2.24) is 9.36 Å². The van der Waals surface area contributed by atoms with Crippen molar-refractivity contribution in [3.8, 4) is 5.75 Å². The molecule has 1 aromatic carbocycles. The Labute approximate surface area is 145 Å². The van der Waals surface area contributed by atoms with Gasteiger partial charge >= 0.3 is 4.87 Å². The number of halogens is 2. The van der Waals surface area contributed by atoms with Crippen molar-refractivity contribution in [3.63, 3.8) is 0 Å². The Hall–Kier alpha value is -2.19. The molecule has 0 atom stereocenters. The smallest absolute Gasteiger partial charge is 0.329 e. The van der Waals surface area contributed by atoms with E-state index >= 15 is 0 Å². The van der Waals surface area contributed by atoms with Gasteiger partial charge in [0.05, 0.1) is 5.02 Å². The maximum absolute atomic E-state index is 14.1. The summed E-state index contributed by atoms with van der Waals surface area (Å²) in [4.78, 5) is 27.4. The van der Waals surface area contributed by atoms with Crippen LogP contribution in [0.5, 0.6) is 5.75 Å². The van der Waals surface area contributed by atoms with Gasteiger partial charge in [0.25, 0.3) is 0 Å². The summed E-state index contributed by atoms with van der Waals surface area (Å²) in [5, 5.41) is 0.0513. The quantitative estimate of drug-likeness (QED) is 0.832. The van der Waals surface area contributed by atoms with Gasteiger partial charge in [-0.05, 0) is 30.7 Å². The van der Waals surface area contributed by atoms with Crippen molar-refractivity contribution in [2.75, 3.05) is 6.61 Å². The SMILES string of the molecule is CC(=O)COc1cc(N=c2sc(=O)n3n2CCC=C3)c(F)cc1Cl. The summed E-state index contributed by atoms with van der Waals surface area (Å²) in [5.74, 6) is -0.657. The third-order valence-electron chi connectivity index (χ3n) is 3.25. The van der Waals surface area contributed by atoms with Crippen LogP contribution in [0.2, 0.25) is 5.02 Å². The van der Waals surface area contributed by atoms with E-state index in [4.69, 9.17) is 16.3 Å². The van der Waals surface area contributed by atoms with E-state index in [1.165, 1.54) is 17.7 Å². The summed E-state index contributed by atoms with van der Waals surface area (Å²) in [6.45, 7) is 1.79. The highest BCUT2D eigenvalue weighted by atomic mass is 35.5. The van der Waals surface area contributed by atoms with Crippen molar-refractivity contribution < 1.29 is 13.9 Å². The van der Waals surface area contributed by atoms with Gasteiger partial charge < -0.3 is 4.74 Å². The van der Waals surface area contributed by atoms with Crippen LogP contribution in [0.1, 0.15) is 13.3 Å². The minimum absolute atomic E-state index is 0.00958. The van der Waals surface area contributed by atoms with Crippen LogP contribution < -0.4 is 14.4 Å². The Morgan fingerprint density at radius 3 is 3.04 bits per heavy atom. The lowest BCUT2D eigenvalue weighted by molar-refractivity contribution is -0.118. The van der Waals surface area contributed by atoms with Gasteiger partial charge in [0, 0.05) is 18.8 Å². The first-order valence-electron chi connectivity index (χ1n) is 7.11. The molecule has 0 saturated carbocycles. The number of rotatable bonds is 4. The summed E-state index contributed by atoms with van der Waals surface area (Å²) in [6.07, 6.45) is 4.31. The van der Waals surface area contributed by atoms with Gasteiger partial charge in [0.1, 0.15) is 18.0 Å². The molecule has 9 heteroatoms. The lowest BCUT2D eigenvalue weighted by atomic mass is 10.3. The lowest BCUT2D eigenvalue weighted by Gasteiger charge is -2.10. The third kappa shape index (κ3) is 3.34. The van der Waals surface area contributed by atoms with E-state index in [1.807, 2.05) is 6.08 Å². The van der Waals surface area contributed by atoms with Crippen LogP contribution in [0, 0.1) is 5.82 Å². The molecule has 126 valence electrons. The molecule has 1 aliphatic heterocycles. The van der Waals surface area contributed by atoms with Crippen molar-refractivity contribution in [2.45, 2.75) is 19.9 Å². The Morgan fingerprint density at radius 1 is 1.50 bits per heavy atom. The highest BCUT2D eigenvalue weighted by molar-refractivity contribution is 7.06. The molecule has 1 aromatic heterocycles. The summed E-state index contributed by atoms with van der Waals surface area (Å²) >= 11 is 6.84. The maximum Gasteiger partial charge on any atom is 0.329 e. The van der Waals surface area contributed by atoms with Crippen LogP contribution in [0.25, 0.3) is 6.20 Å². The van der Waals surface area contributed by atoms with E-state index in [9.17, 15) is 14.0 Å². The number of hydrogen-bond acceptors (Lipinski definition) is 5. The number of nitrogens with zero attached hydrogens (tertiary/aromatic N) is 3. The summed E-state index contributed by atoms with van der Waals surface area (Å²) in [7, 11) is 0. The number of carbonyl (C=O) groups is 1. The van der Waals surface area contributed by atoms with E-state index in [1.54, 1.807) is 10.9 Å². The molecule has 0 amide bonds. The summed E-state index contributed by atoms with van der Waals surface area (Å²) in [5.41, 5.74) is -0.00958. The number of fused-ring (bicyclic) bond motifs is 1. The first-order valence-corrected chi connectivity index (χ1v) is 8.30. The van der Waals surface area contributed by atoms with Gasteiger partial charge in [-0.2, -0.15) is 0 Å². The number of aromatic nitrogens is 2. The van der Waals surface area contributed by atoms with Gasteiger partial charge in [0.15, 0.2) is 11.6 Å². The average Bonchev–Trinajstić information content (AvgIpc) is 2.85. The molecule has 0 aliphatic carbocycles. The zero-order valence-corrected chi connectivity index (χ0v) is 14.2. The summed E-state index contributed by atoms with van der Waals surface area (Å²) in [6, 6.07) is 2.40. The van der Waals surface area contributed by atoms with Crippen LogP contribution in [0.4, 0.5) is 10.1 Å². The van der Waals surface area contributed by atoms with Crippen LogP contribution in [0.15, 0.2) is 28.0 Å². The van der Waals surface area contributed by atoms with Gasteiger partial charge in [-0.25, -0.2) is 14.1 Å².